The van der Waals surface area contributed by atoms with Gasteiger partial charge in [-0.2, -0.15) is 0 Å². The van der Waals surface area contributed by atoms with Gasteiger partial charge in [0.05, 0.1) is 5.56 Å². The van der Waals surface area contributed by atoms with Gasteiger partial charge >= 0.3 is 0 Å². The van der Waals surface area contributed by atoms with Gasteiger partial charge in [-0.3, -0.25) is 4.79 Å². The van der Waals surface area contributed by atoms with Crippen molar-refractivity contribution in [1.82, 2.24) is 14.4 Å². The average Bonchev–Trinajstić information content (AvgIpc) is 3.41. The van der Waals surface area contributed by atoms with Crippen LogP contribution in [0.5, 0.6) is 5.75 Å². The van der Waals surface area contributed by atoms with Gasteiger partial charge in [0, 0.05) is 50.3 Å². The fourth-order valence-corrected chi connectivity index (χ4v) is 4.19. The van der Waals surface area contributed by atoms with Crippen LogP contribution in [0.15, 0.2) is 42.7 Å². The number of ether oxygens (including phenoxy) is 1. The first-order chi connectivity index (χ1) is 13.6. The fraction of sp³-hybridized carbons (Fsp3) is 0.522. The summed E-state index contributed by atoms with van der Waals surface area (Å²) in [4.78, 5) is 17.0. The van der Waals surface area contributed by atoms with Gasteiger partial charge in [0.15, 0.2) is 0 Å². The third-order valence-electron chi connectivity index (χ3n) is 5.98. The van der Waals surface area contributed by atoms with Crippen LogP contribution in [-0.2, 0) is 0 Å². The molecule has 2 aliphatic rings. The SMILES string of the molecule is CC(C)N1CCC(Oc2ccc(-n3ccc(C(=O)N4CCCC4)c3)cc2)CC1. The summed E-state index contributed by atoms with van der Waals surface area (Å²) in [5.74, 6) is 1.07. The Balaban J connectivity index is 1.35. The van der Waals surface area contributed by atoms with Gasteiger partial charge in [0.1, 0.15) is 11.9 Å². The van der Waals surface area contributed by atoms with Crippen LogP contribution < -0.4 is 4.74 Å². The van der Waals surface area contributed by atoms with Crippen LogP contribution in [0, 0.1) is 0 Å². The minimum absolute atomic E-state index is 0.143. The maximum atomic E-state index is 12.5. The molecule has 5 heteroatoms. The molecule has 0 aliphatic carbocycles. The van der Waals surface area contributed by atoms with Crippen molar-refractivity contribution in [2.24, 2.45) is 0 Å². The maximum Gasteiger partial charge on any atom is 0.255 e. The molecule has 28 heavy (non-hydrogen) atoms. The van der Waals surface area contributed by atoms with Gasteiger partial charge in [-0.15, -0.1) is 0 Å². The van der Waals surface area contributed by atoms with E-state index in [4.69, 9.17) is 4.74 Å². The third kappa shape index (κ3) is 4.25. The van der Waals surface area contributed by atoms with Crippen molar-refractivity contribution < 1.29 is 9.53 Å². The molecule has 1 aromatic carbocycles. The van der Waals surface area contributed by atoms with Crippen molar-refractivity contribution in [1.29, 1.82) is 0 Å². The predicted octanol–water partition coefficient (Wildman–Crippen LogP) is 3.96. The summed E-state index contributed by atoms with van der Waals surface area (Å²) < 4.78 is 8.20. The highest BCUT2D eigenvalue weighted by molar-refractivity contribution is 5.94. The smallest absolute Gasteiger partial charge is 0.255 e. The summed E-state index contributed by atoms with van der Waals surface area (Å²) in [5.41, 5.74) is 1.81. The topological polar surface area (TPSA) is 37.7 Å². The normalized spacial score (nSPS) is 18.8. The highest BCUT2D eigenvalue weighted by Gasteiger charge is 2.22. The molecular weight excluding hydrogens is 350 g/mol. The van der Waals surface area contributed by atoms with E-state index in [-0.39, 0.29) is 5.91 Å². The maximum absolute atomic E-state index is 12.5. The zero-order chi connectivity index (χ0) is 19.5. The van der Waals surface area contributed by atoms with Crippen LogP contribution >= 0.6 is 0 Å². The molecule has 2 aliphatic heterocycles. The van der Waals surface area contributed by atoms with E-state index < -0.39 is 0 Å². The summed E-state index contributed by atoms with van der Waals surface area (Å²) >= 11 is 0. The highest BCUT2D eigenvalue weighted by Crippen LogP contribution is 2.22. The molecule has 2 fully saturated rings. The minimum Gasteiger partial charge on any atom is -0.490 e. The quantitative estimate of drug-likeness (QED) is 0.787. The molecule has 0 N–H and O–H groups in total. The first-order valence-corrected chi connectivity index (χ1v) is 10.6. The number of amides is 1. The monoisotopic (exact) mass is 381 g/mol. The molecule has 0 unspecified atom stereocenters. The first kappa shape index (κ1) is 19.1. The molecule has 0 radical (unpaired) electrons. The van der Waals surface area contributed by atoms with Gasteiger partial charge in [0.2, 0.25) is 0 Å². The second-order valence-electron chi connectivity index (χ2n) is 8.25. The number of nitrogens with zero attached hydrogens (tertiary/aromatic N) is 3. The number of carbonyl (C=O) groups is 1. The number of likely N-dealkylation sites (tertiary alicyclic amines) is 2. The summed E-state index contributed by atoms with van der Waals surface area (Å²) in [6.07, 6.45) is 8.59. The lowest BCUT2D eigenvalue weighted by Crippen LogP contribution is -2.41. The molecular formula is C23H31N3O2. The molecule has 0 atom stereocenters. The fourth-order valence-electron chi connectivity index (χ4n) is 4.19. The molecule has 0 saturated carbocycles. The molecule has 1 amide bonds. The van der Waals surface area contributed by atoms with E-state index in [1.807, 2.05) is 40.1 Å². The summed E-state index contributed by atoms with van der Waals surface area (Å²) in [7, 11) is 0. The van der Waals surface area contributed by atoms with Crippen LogP contribution in [0.25, 0.3) is 5.69 Å². The van der Waals surface area contributed by atoms with E-state index >= 15 is 0 Å². The Morgan fingerprint density at radius 2 is 1.68 bits per heavy atom. The largest absolute Gasteiger partial charge is 0.490 e. The predicted molar refractivity (Wildman–Crippen MR) is 111 cm³/mol. The van der Waals surface area contributed by atoms with Crippen LogP contribution in [-0.4, -0.2) is 58.6 Å². The summed E-state index contributed by atoms with van der Waals surface area (Å²) in [6, 6.07) is 10.7. The Kier molecular flexibility index (Phi) is 5.72. The van der Waals surface area contributed by atoms with E-state index in [0.29, 0.717) is 12.1 Å². The lowest BCUT2D eigenvalue weighted by Gasteiger charge is -2.34. The number of benzene rings is 1. The van der Waals surface area contributed by atoms with Crippen LogP contribution in [0.3, 0.4) is 0 Å². The molecule has 5 nitrogen and oxygen atoms in total. The van der Waals surface area contributed by atoms with Gasteiger partial charge in [-0.1, -0.05) is 0 Å². The minimum atomic E-state index is 0.143. The lowest BCUT2D eigenvalue weighted by molar-refractivity contribution is 0.0792. The number of hydrogen-bond acceptors (Lipinski definition) is 3. The van der Waals surface area contributed by atoms with E-state index in [1.165, 1.54) is 0 Å². The van der Waals surface area contributed by atoms with Crippen molar-refractivity contribution in [2.75, 3.05) is 26.2 Å². The average molecular weight is 382 g/mol. The Morgan fingerprint density at radius 3 is 2.32 bits per heavy atom. The Hall–Kier alpha value is -2.27. The standard InChI is InChI=1S/C23H31N3O2/c1-18(2)24-15-10-22(11-16-24)28-21-7-5-20(6-8-21)26-14-9-19(17-26)23(27)25-12-3-4-13-25/h5-9,14,17-18,22H,3-4,10-13,15-16H2,1-2H3. The van der Waals surface area contributed by atoms with Crippen LogP contribution in [0.1, 0.15) is 49.9 Å². The number of hydrogen-bond donors (Lipinski definition) is 0. The molecule has 4 rings (SSSR count). The van der Waals surface area contributed by atoms with E-state index in [0.717, 1.165) is 68.9 Å². The second-order valence-corrected chi connectivity index (χ2v) is 8.25. The van der Waals surface area contributed by atoms with Gasteiger partial charge < -0.3 is 19.1 Å². The lowest BCUT2D eigenvalue weighted by atomic mass is 10.1. The molecule has 2 saturated heterocycles. The van der Waals surface area contributed by atoms with E-state index in [1.54, 1.807) is 0 Å². The van der Waals surface area contributed by atoms with Crippen molar-refractivity contribution in [2.45, 2.75) is 51.7 Å². The molecule has 150 valence electrons. The molecule has 1 aromatic heterocycles. The molecule has 0 bridgehead atoms. The van der Waals surface area contributed by atoms with Crippen molar-refractivity contribution in [3.05, 3.63) is 48.3 Å². The van der Waals surface area contributed by atoms with Crippen molar-refractivity contribution in [3.63, 3.8) is 0 Å². The Morgan fingerprint density at radius 1 is 1.00 bits per heavy atom. The van der Waals surface area contributed by atoms with Gasteiger partial charge in [-0.25, -0.2) is 0 Å². The number of carbonyl (C=O) groups excluding carboxylic acids is 1. The van der Waals surface area contributed by atoms with Gasteiger partial charge in [0.25, 0.3) is 5.91 Å². The summed E-state index contributed by atoms with van der Waals surface area (Å²) in [5, 5.41) is 0. The van der Waals surface area contributed by atoms with Crippen LogP contribution in [0.4, 0.5) is 0 Å². The van der Waals surface area contributed by atoms with Crippen molar-refractivity contribution in [3.8, 4) is 11.4 Å². The zero-order valence-corrected chi connectivity index (χ0v) is 17.0. The van der Waals surface area contributed by atoms with Gasteiger partial charge in [-0.05, 0) is 69.9 Å². The summed E-state index contributed by atoms with van der Waals surface area (Å²) in [6.45, 7) is 8.49. The van der Waals surface area contributed by atoms with E-state index in [2.05, 4.69) is 30.9 Å². The van der Waals surface area contributed by atoms with Crippen LogP contribution in [0.2, 0.25) is 0 Å². The Labute approximate surface area is 167 Å². The van der Waals surface area contributed by atoms with Crippen molar-refractivity contribution >= 4 is 5.91 Å². The zero-order valence-electron chi connectivity index (χ0n) is 17.0. The first-order valence-electron chi connectivity index (χ1n) is 10.6. The number of piperidine rings is 1. The molecule has 2 aromatic rings. The third-order valence-corrected chi connectivity index (χ3v) is 5.98. The Bertz CT molecular complexity index is 782. The number of rotatable bonds is 5. The molecule has 0 spiro atoms. The highest BCUT2D eigenvalue weighted by atomic mass is 16.5. The number of aromatic nitrogens is 1. The molecule has 3 heterocycles. The second kappa shape index (κ2) is 8.39. The van der Waals surface area contributed by atoms with E-state index in [9.17, 15) is 4.79 Å².